The molecule has 0 fully saturated rings. The van der Waals surface area contributed by atoms with E-state index < -0.39 is 11.9 Å². The van der Waals surface area contributed by atoms with Crippen molar-refractivity contribution in [2.45, 2.75) is 0 Å². The maximum absolute atomic E-state index is 11.3. The highest BCUT2D eigenvalue weighted by Gasteiger charge is 2.17. The molecule has 0 aliphatic rings. The minimum absolute atomic E-state index is 0.240. The van der Waals surface area contributed by atoms with Crippen LogP contribution in [0.1, 0.15) is 20.7 Å². The Morgan fingerprint density at radius 3 is 2.14 bits per heavy atom. The average Bonchev–Trinajstić information content (AvgIpc) is 2.73. The molecule has 4 aromatic rings. The van der Waals surface area contributed by atoms with Gasteiger partial charge < -0.3 is 14.9 Å². The normalized spacial score (nSPS) is 10.6. The van der Waals surface area contributed by atoms with Crippen molar-refractivity contribution in [3.05, 3.63) is 90.0 Å². The fraction of sp³-hybridized carbons (Fsp3) is 0. The first kappa shape index (κ1) is 18.2. The number of benzene rings is 3. The molecule has 0 bridgehead atoms. The number of hydrogen-bond donors (Lipinski definition) is 2. The van der Waals surface area contributed by atoms with Crippen LogP contribution in [0.5, 0.6) is 11.5 Å². The van der Waals surface area contributed by atoms with Crippen molar-refractivity contribution in [3.8, 4) is 22.8 Å². The molecular weight excluding hydrogens is 370 g/mol. The SMILES string of the molecule is O=C(O)c1ccc(Oc2ccc(-c3ccc4ccccc4n3)cc2)cc1C(=O)O. The number of carboxylic acid groups (broad SMARTS) is 2. The Kier molecular flexibility index (Phi) is 4.66. The number of carboxylic acids is 2. The van der Waals surface area contributed by atoms with Gasteiger partial charge in [0, 0.05) is 10.9 Å². The van der Waals surface area contributed by atoms with Crippen LogP contribution in [0.15, 0.2) is 78.9 Å². The molecule has 6 heteroatoms. The minimum Gasteiger partial charge on any atom is -0.478 e. The zero-order valence-electron chi connectivity index (χ0n) is 15.1. The molecule has 0 spiro atoms. The van der Waals surface area contributed by atoms with E-state index in [1.54, 1.807) is 12.1 Å². The number of ether oxygens (including phenoxy) is 1. The van der Waals surface area contributed by atoms with Crippen LogP contribution in [0.25, 0.3) is 22.2 Å². The summed E-state index contributed by atoms with van der Waals surface area (Å²) in [5.41, 5.74) is 2.03. The van der Waals surface area contributed by atoms with Gasteiger partial charge in [-0.2, -0.15) is 0 Å². The van der Waals surface area contributed by atoms with E-state index in [4.69, 9.17) is 9.84 Å². The van der Waals surface area contributed by atoms with Crippen LogP contribution in [-0.2, 0) is 0 Å². The zero-order valence-corrected chi connectivity index (χ0v) is 15.1. The van der Waals surface area contributed by atoms with E-state index in [9.17, 15) is 14.7 Å². The number of pyridine rings is 1. The van der Waals surface area contributed by atoms with Gasteiger partial charge in [0.25, 0.3) is 0 Å². The maximum atomic E-state index is 11.3. The summed E-state index contributed by atoms with van der Waals surface area (Å²) in [6.07, 6.45) is 0. The average molecular weight is 385 g/mol. The summed E-state index contributed by atoms with van der Waals surface area (Å²) in [6.45, 7) is 0. The Bertz CT molecular complexity index is 1230. The van der Waals surface area contributed by atoms with Crippen molar-refractivity contribution in [3.63, 3.8) is 0 Å². The van der Waals surface area contributed by atoms with E-state index in [0.29, 0.717) is 5.75 Å². The quantitative estimate of drug-likeness (QED) is 0.497. The Balaban J connectivity index is 1.59. The molecule has 0 atom stereocenters. The van der Waals surface area contributed by atoms with Crippen molar-refractivity contribution in [1.82, 2.24) is 4.98 Å². The van der Waals surface area contributed by atoms with Gasteiger partial charge in [-0.05, 0) is 54.6 Å². The van der Waals surface area contributed by atoms with Crippen molar-refractivity contribution in [2.24, 2.45) is 0 Å². The van der Waals surface area contributed by atoms with Gasteiger partial charge in [-0.3, -0.25) is 0 Å². The molecule has 4 rings (SSSR count). The number of fused-ring (bicyclic) bond motifs is 1. The highest BCUT2D eigenvalue weighted by Crippen LogP contribution is 2.27. The van der Waals surface area contributed by atoms with Crippen LogP contribution in [0.3, 0.4) is 0 Å². The molecule has 1 heterocycles. The summed E-state index contributed by atoms with van der Waals surface area (Å²) in [4.78, 5) is 27.1. The summed E-state index contributed by atoms with van der Waals surface area (Å²) in [7, 11) is 0. The van der Waals surface area contributed by atoms with Crippen LogP contribution in [-0.4, -0.2) is 27.1 Å². The van der Waals surface area contributed by atoms with E-state index in [1.807, 2.05) is 48.5 Å². The second-order valence-corrected chi connectivity index (χ2v) is 6.33. The first-order chi connectivity index (χ1) is 14.0. The smallest absolute Gasteiger partial charge is 0.336 e. The monoisotopic (exact) mass is 385 g/mol. The van der Waals surface area contributed by atoms with Gasteiger partial charge in [-0.1, -0.05) is 24.3 Å². The first-order valence-corrected chi connectivity index (χ1v) is 8.76. The van der Waals surface area contributed by atoms with Gasteiger partial charge in [0.15, 0.2) is 0 Å². The molecular formula is C23H15NO5. The Morgan fingerprint density at radius 1 is 0.724 bits per heavy atom. The number of para-hydroxylation sites is 1. The van der Waals surface area contributed by atoms with Crippen molar-refractivity contribution in [1.29, 1.82) is 0 Å². The topological polar surface area (TPSA) is 96.7 Å². The Hall–Kier alpha value is -4.19. The Morgan fingerprint density at radius 2 is 1.41 bits per heavy atom. The second-order valence-electron chi connectivity index (χ2n) is 6.33. The summed E-state index contributed by atoms with van der Waals surface area (Å²) in [5.74, 6) is -1.90. The van der Waals surface area contributed by atoms with Gasteiger partial charge in [0.1, 0.15) is 11.5 Å². The molecule has 1 aromatic heterocycles. The molecule has 3 aromatic carbocycles. The molecule has 29 heavy (non-hydrogen) atoms. The van der Waals surface area contributed by atoms with Gasteiger partial charge in [-0.15, -0.1) is 0 Å². The molecule has 2 N–H and O–H groups in total. The lowest BCUT2D eigenvalue weighted by Gasteiger charge is -2.09. The molecule has 0 radical (unpaired) electrons. The molecule has 0 aliphatic carbocycles. The van der Waals surface area contributed by atoms with Crippen LogP contribution in [0.2, 0.25) is 0 Å². The van der Waals surface area contributed by atoms with Crippen molar-refractivity contribution >= 4 is 22.8 Å². The number of nitrogens with zero attached hydrogens (tertiary/aromatic N) is 1. The molecule has 0 amide bonds. The summed E-state index contributed by atoms with van der Waals surface area (Å²) in [6, 6.07) is 22.9. The predicted octanol–water partition coefficient (Wildman–Crippen LogP) is 5.09. The molecule has 0 saturated carbocycles. The number of carbonyl (C=O) groups is 2. The highest BCUT2D eigenvalue weighted by atomic mass is 16.5. The van der Waals surface area contributed by atoms with Crippen molar-refractivity contribution < 1.29 is 24.5 Å². The maximum Gasteiger partial charge on any atom is 0.336 e. The molecule has 6 nitrogen and oxygen atoms in total. The van der Waals surface area contributed by atoms with E-state index in [2.05, 4.69) is 4.98 Å². The van der Waals surface area contributed by atoms with Gasteiger partial charge in [0.2, 0.25) is 0 Å². The Labute approximate surface area is 165 Å². The lowest BCUT2D eigenvalue weighted by Crippen LogP contribution is -2.07. The lowest BCUT2D eigenvalue weighted by molar-refractivity contribution is 0.0651. The van der Waals surface area contributed by atoms with Crippen LogP contribution >= 0.6 is 0 Å². The van der Waals surface area contributed by atoms with Crippen LogP contribution < -0.4 is 4.74 Å². The first-order valence-electron chi connectivity index (χ1n) is 8.76. The largest absolute Gasteiger partial charge is 0.478 e. The van der Waals surface area contributed by atoms with Gasteiger partial charge in [0.05, 0.1) is 22.3 Å². The zero-order chi connectivity index (χ0) is 20.4. The number of hydrogen-bond acceptors (Lipinski definition) is 4. The molecule has 142 valence electrons. The molecule has 0 saturated heterocycles. The number of rotatable bonds is 5. The van der Waals surface area contributed by atoms with E-state index in [-0.39, 0.29) is 16.9 Å². The third kappa shape index (κ3) is 3.77. The van der Waals surface area contributed by atoms with Gasteiger partial charge >= 0.3 is 11.9 Å². The van der Waals surface area contributed by atoms with E-state index in [1.165, 1.54) is 18.2 Å². The minimum atomic E-state index is -1.33. The van der Waals surface area contributed by atoms with Crippen LogP contribution in [0, 0.1) is 0 Å². The number of aromatic carboxylic acids is 2. The van der Waals surface area contributed by atoms with Crippen molar-refractivity contribution in [2.75, 3.05) is 0 Å². The number of aromatic nitrogens is 1. The fourth-order valence-corrected chi connectivity index (χ4v) is 3.01. The summed E-state index contributed by atoms with van der Waals surface area (Å²) >= 11 is 0. The van der Waals surface area contributed by atoms with E-state index in [0.717, 1.165) is 22.2 Å². The van der Waals surface area contributed by atoms with E-state index >= 15 is 0 Å². The molecule has 0 aliphatic heterocycles. The third-order valence-electron chi connectivity index (χ3n) is 4.44. The standard InChI is InChI=1S/C23H15NO5/c25-22(26)18-11-10-17(13-19(18)23(27)28)29-16-8-5-15(6-9-16)21-12-7-14-3-1-2-4-20(14)24-21/h1-13H,(H,25,26)(H,27,28). The highest BCUT2D eigenvalue weighted by molar-refractivity contribution is 6.02. The second kappa shape index (κ2) is 7.44. The molecule has 0 unspecified atom stereocenters. The fourth-order valence-electron chi connectivity index (χ4n) is 3.01. The van der Waals surface area contributed by atoms with Crippen LogP contribution in [0.4, 0.5) is 0 Å². The third-order valence-corrected chi connectivity index (χ3v) is 4.44. The summed E-state index contributed by atoms with van der Waals surface area (Å²) in [5, 5.41) is 19.4. The predicted molar refractivity (Wildman–Crippen MR) is 108 cm³/mol. The lowest BCUT2D eigenvalue weighted by atomic mass is 10.1. The summed E-state index contributed by atoms with van der Waals surface area (Å²) < 4.78 is 5.69. The van der Waals surface area contributed by atoms with Gasteiger partial charge in [-0.25, -0.2) is 14.6 Å².